The number of amides is 1. The molecule has 2 heterocycles. The van der Waals surface area contributed by atoms with Crippen molar-refractivity contribution in [2.45, 2.75) is 13.0 Å². The van der Waals surface area contributed by atoms with Gasteiger partial charge in [0.15, 0.2) is 0 Å². The Hall–Kier alpha value is -1.78. The standard InChI is InChI=1S/C10H12N2O3/c1-11-4-2-7-6-12(10(14)15)5-3-8(7)9(11)13/h2,4H,3,5-6H2,1H3,(H,14,15). The van der Waals surface area contributed by atoms with Gasteiger partial charge in [0, 0.05) is 31.9 Å². The van der Waals surface area contributed by atoms with Gasteiger partial charge in [-0.1, -0.05) is 0 Å². The van der Waals surface area contributed by atoms with Gasteiger partial charge in [-0.15, -0.1) is 0 Å². The maximum Gasteiger partial charge on any atom is 0.407 e. The second-order valence-electron chi connectivity index (χ2n) is 3.69. The predicted molar refractivity (Wildman–Crippen MR) is 53.8 cm³/mol. The summed E-state index contributed by atoms with van der Waals surface area (Å²) in [6.07, 6.45) is 1.25. The van der Waals surface area contributed by atoms with Gasteiger partial charge >= 0.3 is 6.09 Å². The van der Waals surface area contributed by atoms with Crippen LogP contribution in [0.1, 0.15) is 11.1 Å². The van der Waals surface area contributed by atoms with Crippen LogP contribution in [-0.4, -0.2) is 27.2 Å². The van der Waals surface area contributed by atoms with Crippen molar-refractivity contribution in [3.05, 3.63) is 33.7 Å². The van der Waals surface area contributed by atoms with E-state index in [0.717, 1.165) is 11.1 Å². The highest BCUT2D eigenvalue weighted by Gasteiger charge is 2.21. The van der Waals surface area contributed by atoms with Crippen molar-refractivity contribution in [1.29, 1.82) is 0 Å². The molecular weight excluding hydrogens is 196 g/mol. The van der Waals surface area contributed by atoms with Gasteiger partial charge in [-0.25, -0.2) is 4.79 Å². The van der Waals surface area contributed by atoms with E-state index in [4.69, 9.17) is 5.11 Å². The van der Waals surface area contributed by atoms with Crippen LogP contribution in [0.15, 0.2) is 17.1 Å². The van der Waals surface area contributed by atoms with Crippen LogP contribution >= 0.6 is 0 Å². The molecule has 0 saturated heterocycles. The van der Waals surface area contributed by atoms with Crippen molar-refractivity contribution in [2.75, 3.05) is 6.54 Å². The van der Waals surface area contributed by atoms with E-state index in [1.165, 1.54) is 9.47 Å². The van der Waals surface area contributed by atoms with Gasteiger partial charge in [-0.2, -0.15) is 0 Å². The van der Waals surface area contributed by atoms with Crippen LogP contribution in [0.2, 0.25) is 0 Å². The summed E-state index contributed by atoms with van der Waals surface area (Å²) in [5.74, 6) is 0. The van der Waals surface area contributed by atoms with Gasteiger partial charge in [0.1, 0.15) is 0 Å². The molecule has 0 spiro atoms. The Bertz CT molecular complexity index is 464. The van der Waals surface area contributed by atoms with Gasteiger partial charge in [-0.3, -0.25) is 4.79 Å². The largest absolute Gasteiger partial charge is 0.465 e. The van der Waals surface area contributed by atoms with Crippen LogP contribution in [0.25, 0.3) is 0 Å². The van der Waals surface area contributed by atoms with Crippen molar-refractivity contribution >= 4 is 6.09 Å². The highest BCUT2D eigenvalue weighted by molar-refractivity contribution is 5.65. The Morgan fingerprint density at radius 1 is 1.53 bits per heavy atom. The number of rotatable bonds is 0. The van der Waals surface area contributed by atoms with E-state index >= 15 is 0 Å². The molecule has 0 bridgehead atoms. The maximum atomic E-state index is 11.7. The molecule has 0 aromatic carbocycles. The number of hydrogen-bond acceptors (Lipinski definition) is 2. The zero-order valence-corrected chi connectivity index (χ0v) is 8.43. The molecule has 0 fully saturated rings. The van der Waals surface area contributed by atoms with Crippen LogP contribution < -0.4 is 5.56 Å². The van der Waals surface area contributed by atoms with Crippen molar-refractivity contribution < 1.29 is 9.90 Å². The minimum Gasteiger partial charge on any atom is -0.465 e. The molecule has 0 aliphatic carbocycles. The average molecular weight is 208 g/mol. The fourth-order valence-corrected chi connectivity index (χ4v) is 1.83. The van der Waals surface area contributed by atoms with E-state index in [1.54, 1.807) is 13.2 Å². The lowest BCUT2D eigenvalue weighted by molar-refractivity contribution is 0.139. The molecule has 5 heteroatoms. The number of nitrogens with zero attached hydrogens (tertiary/aromatic N) is 2. The number of pyridine rings is 1. The minimum atomic E-state index is -0.929. The third kappa shape index (κ3) is 1.60. The number of aryl methyl sites for hydroxylation is 1. The van der Waals surface area contributed by atoms with E-state index in [-0.39, 0.29) is 5.56 Å². The van der Waals surface area contributed by atoms with Crippen LogP contribution in [0, 0.1) is 0 Å². The van der Waals surface area contributed by atoms with Gasteiger partial charge in [-0.05, 0) is 18.1 Å². The van der Waals surface area contributed by atoms with Crippen LogP contribution in [0.5, 0.6) is 0 Å². The normalized spacial score (nSPS) is 14.9. The second-order valence-corrected chi connectivity index (χ2v) is 3.69. The third-order valence-corrected chi connectivity index (χ3v) is 2.73. The molecule has 0 unspecified atom stereocenters. The monoisotopic (exact) mass is 208 g/mol. The first-order valence-corrected chi connectivity index (χ1v) is 4.75. The predicted octanol–water partition coefficient (Wildman–Crippen LogP) is 0.421. The fourth-order valence-electron chi connectivity index (χ4n) is 1.83. The van der Waals surface area contributed by atoms with E-state index in [9.17, 15) is 9.59 Å². The summed E-state index contributed by atoms with van der Waals surface area (Å²) in [6, 6.07) is 1.81. The second kappa shape index (κ2) is 3.42. The molecule has 1 amide bonds. The zero-order chi connectivity index (χ0) is 11.0. The molecule has 15 heavy (non-hydrogen) atoms. The van der Waals surface area contributed by atoms with Crippen molar-refractivity contribution in [2.24, 2.45) is 7.05 Å². The van der Waals surface area contributed by atoms with E-state index < -0.39 is 6.09 Å². The molecule has 0 saturated carbocycles. The topological polar surface area (TPSA) is 62.5 Å². The first-order chi connectivity index (χ1) is 7.09. The smallest absolute Gasteiger partial charge is 0.407 e. The molecule has 5 nitrogen and oxygen atoms in total. The lowest BCUT2D eigenvalue weighted by atomic mass is 10.0. The summed E-state index contributed by atoms with van der Waals surface area (Å²) in [4.78, 5) is 23.8. The lowest BCUT2D eigenvalue weighted by Crippen LogP contribution is -2.38. The first kappa shape index (κ1) is 9.76. The Kier molecular flexibility index (Phi) is 2.22. The number of fused-ring (bicyclic) bond motifs is 1. The number of carboxylic acid groups (broad SMARTS) is 1. The first-order valence-electron chi connectivity index (χ1n) is 4.75. The minimum absolute atomic E-state index is 0.0162. The van der Waals surface area contributed by atoms with Gasteiger partial charge in [0.05, 0.1) is 0 Å². The fraction of sp³-hybridized carbons (Fsp3) is 0.400. The van der Waals surface area contributed by atoms with E-state index in [0.29, 0.717) is 19.5 Å². The van der Waals surface area contributed by atoms with Gasteiger partial charge in [0.2, 0.25) is 0 Å². The van der Waals surface area contributed by atoms with Crippen molar-refractivity contribution in [1.82, 2.24) is 9.47 Å². The highest BCUT2D eigenvalue weighted by Crippen LogP contribution is 2.14. The van der Waals surface area contributed by atoms with Gasteiger partial charge in [0.25, 0.3) is 5.56 Å². The molecule has 1 aromatic heterocycles. The Balaban J connectivity index is 2.41. The number of aromatic nitrogens is 1. The molecule has 0 radical (unpaired) electrons. The third-order valence-electron chi connectivity index (χ3n) is 2.73. The summed E-state index contributed by atoms with van der Waals surface area (Å²) in [5, 5.41) is 8.83. The molecule has 1 aromatic rings. The summed E-state index contributed by atoms with van der Waals surface area (Å²) in [6.45, 7) is 0.725. The summed E-state index contributed by atoms with van der Waals surface area (Å²) >= 11 is 0. The zero-order valence-electron chi connectivity index (χ0n) is 8.43. The summed E-state index contributed by atoms with van der Waals surface area (Å²) in [7, 11) is 1.70. The lowest BCUT2D eigenvalue weighted by Gasteiger charge is -2.25. The van der Waals surface area contributed by atoms with Crippen LogP contribution in [0.3, 0.4) is 0 Å². The molecular formula is C10H12N2O3. The molecule has 2 rings (SSSR count). The Morgan fingerprint density at radius 3 is 2.93 bits per heavy atom. The molecule has 1 N–H and O–H groups in total. The Morgan fingerprint density at radius 2 is 2.27 bits per heavy atom. The SMILES string of the molecule is Cn1ccc2c(c1=O)CCN(C(=O)O)C2. The Labute approximate surface area is 86.6 Å². The summed E-state index contributed by atoms with van der Waals surface area (Å²) in [5.41, 5.74) is 1.56. The summed E-state index contributed by atoms with van der Waals surface area (Å²) < 4.78 is 1.52. The molecule has 0 atom stereocenters. The quantitative estimate of drug-likeness (QED) is 0.672. The molecule has 1 aliphatic rings. The van der Waals surface area contributed by atoms with Crippen molar-refractivity contribution in [3.63, 3.8) is 0 Å². The van der Waals surface area contributed by atoms with Crippen molar-refractivity contribution in [3.8, 4) is 0 Å². The highest BCUT2D eigenvalue weighted by atomic mass is 16.4. The number of hydrogen-bond donors (Lipinski definition) is 1. The number of carbonyl (C=O) groups is 1. The van der Waals surface area contributed by atoms with Crippen LogP contribution in [-0.2, 0) is 20.0 Å². The molecule has 80 valence electrons. The average Bonchev–Trinajstić information content (AvgIpc) is 2.23. The van der Waals surface area contributed by atoms with E-state index in [1.807, 2.05) is 6.07 Å². The van der Waals surface area contributed by atoms with Gasteiger partial charge < -0.3 is 14.6 Å². The maximum absolute atomic E-state index is 11.7. The van der Waals surface area contributed by atoms with Crippen LogP contribution in [0.4, 0.5) is 4.79 Å². The van der Waals surface area contributed by atoms with E-state index in [2.05, 4.69) is 0 Å². The molecule has 1 aliphatic heterocycles.